The summed E-state index contributed by atoms with van der Waals surface area (Å²) in [5.41, 5.74) is 14.4. The smallest absolute Gasteiger partial charge is 0.253 e. The van der Waals surface area contributed by atoms with Crippen LogP contribution in [0.25, 0.3) is 0 Å². The number of likely N-dealkylation sites (tertiary alicyclic amines) is 2. The molecule has 0 spiro atoms. The molecule has 12 heteroatoms. The van der Waals surface area contributed by atoms with Crippen LogP contribution in [-0.2, 0) is 27.8 Å². The fourth-order valence-electron chi connectivity index (χ4n) is 6.57. The maximum Gasteiger partial charge on any atom is 0.253 e. The molecule has 252 valence electrons. The number of likely N-dealkylation sites (N-methyl/N-ethyl adjacent to an activating group) is 1. The highest BCUT2D eigenvalue weighted by atomic mass is 16.2. The molecule has 2 heterocycles. The van der Waals surface area contributed by atoms with Gasteiger partial charge in [0.25, 0.3) is 5.91 Å². The van der Waals surface area contributed by atoms with Crippen LogP contribution in [0, 0.1) is 18.3 Å². The van der Waals surface area contributed by atoms with E-state index in [1.807, 2.05) is 36.9 Å². The second-order valence-corrected chi connectivity index (χ2v) is 12.7. The molecule has 1 aliphatic carbocycles. The number of fused-ring (bicyclic) bond motifs is 2. The molecule has 47 heavy (non-hydrogen) atoms. The summed E-state index contributed by atoms with van der Waals surface area (Å²) in [6.45, 7) is 9.58. The van der Waals surface area contributed by atoms with E-state index < -0.39 is 11.5 Å². The van der Waals surface area contributed by atoms with Gasteiger partial charge in [0.15, 0.2) is 0 Å². The van der Waals surface area contributed by atoms with Crippen LogP contribution < -0.4 is 22.4 Å². The molecule has 0 bridgehead atoms. The normalized spacial score (nSPS) is 19.5. The maximum absolute atomic E-state index is 13.1. The van der Waals surface area contributed by atoms with Crippen molar-refractivity contribution in [2.75, 3.05) is 39.8 Å². The van der Waals surface area contributed by atoms with Crippen LogP contribution in [0.4, 0.5) is 0 Å². The van der Waals surface area contributed by atoms with Gasteiger partial charge in [0, 0.05) is 44.8 Å². The van der Waals surface area contributed by atoms with Crippen molar-refractivity contribution in [3.05, 3.63) is 69.8 Å². The Hall–Kier alpha value is -4.47. The molecule has 5 rings (SSSR count). The molecule has 6 N–H and O–H groups in total. The van der Waals surface area contributed by atoms with E-state index in [1.54, 1.807) is 11.9 Å². The van der Waals surface area contributed by atoms with E-state index in [1.165, 1.54) is 11.3 Å². The van der Waals surface area contributed by atoms with Gasteiger partial charge in [0.2, 0.25) is 12.3 Å². The first-order valence-corrected chi connectivity index (χ1v) is 16.5. The Labute approximate surface area is 278 Å². The standard InChI is InChI=1S/C31H42N8O2.C4H7NO/c1-5-25(18-32)38(4)28(40)19-35-21(3)17-31(30(33)36-37-34)26-11-7-20(2)15-22(26)8-9-23-16-24(10-12-27(23)31)29(41)39-13-6-14-39;6-4-5-2-1-3-5/h7,10-12,15-16,21,25,35,37H,5-6,8-9,13-14,17,19,34H2,1-4H3,(H2,33,36);4H,1-3H2. The summed E-state index contributed by atoms with van der Waals surface area (Å²) in [5, 5.41) is 17.1. The Morgan fingerprint density at radius 2 is 1.74 bits per heavy atom. The average molecular weight is 644 g/mol. The number of hydrogen-bond donors (Lipinski definition) is 4. The molecular formula is C35H49N9O3. The van der Waals surface area contributed by atoms with Crippen LogP contribution in [0.3, 0.4) is 0 Å². The van der Waals surface area contributed by atoms with Crippen molar-refractivity contribution in [3.8, 4) is 6.07 Å². The Bertz CT molecular complexity index is 1510. The predicted octanol–water partition coefficient (Wildman–Crippen LogP) is 1.94. The summed E-state index contributed by atoms with van der Waals surface area (Å²) in [4.78, 5) is 40.8. The highest BCUT2D eigenvalue weighted by Crippen LogP contribution is 2.44. The zero-order valence-electron chi connectivity index (χ0n) is 28.1. The van der Waals surface area contributed by atoms with Crippen molar-refractivity contribution in [2.45, 2.75) is 76.8 Å². The highest BCUT2D eigenvalue weighted by molar-refractivity contribution is 5.98. The number of hydrazine groups is 1. The number of nitriles is 1. The molecular weight excluding hydrogens is 594 g/mol. The minimum atomic E-state index is -0.875. The number of hydrogen-bond acceptors (Lipinski definition) is 8. The first-order valence-electron chi connectivity index (χ1n) is 16.5. The lowest BCUT2D eigenvalue weighted by molar-refractivity contribution is -0.130. The van der Waals surface area contributed by atoms with Crippen LogP contribution in [-0.4, -0.2) is 90.6 Å². The predicted molar refractivity (Wildman–Crippen MR) is 182 cm³/mol. The van der Waals surface area contributed by atoms with Gasteiger partial charge in [-0.3, -0.25) is 14.4 Å². The molecule has 0 aromatic heterocycles. The minimum Gasteiger partial charge on any atom is -0.385 e. The zero-order chi connectivity index (χ0) is 34.1. The average Bonchev–Trinajstić information content (AvgIpc) is 3.14. The summed E-state index contributed by atoms with van der Waals surface area (Å²) >= 11 is 0. The molecule has 2 aromatic carbocycles. The Kier molecular flexibility index (Phi) is 12.0. The Balaban J connectivity index is 0.000000748. The quantitative estimate of drug-likeness (QED) is 0.0945. The lowest BCUT2D eigenvalue weighted by Crippen LogP contribution is -2.50. The van der Waals surface area contributed by atoms with E-state index >= 15 is 0 Å². The number of benzene rings is 2. The molecule has 0 saturated carbocycles. The van der Waals surface area contributed by atoms with Gasteiger partial charge in [0.05, 0.1) is 18.0 Å². The summed E-state index contributed by atoms with van der Waals surface area (Å²) in [6, 6.07) is 13.8. The van der Waals surface area contributed by atoms with Gasteiger partial charge in [-0.25, -0.2) is 11.4 Å². The molecule has 3 unspecified atom stereocenters. The molecule has 0 radical (unpaired) electrons. The third-order valence-electron chi connectivity index (χ3n) is 9.61. The van der Waals surface area contributed by atoms with Crippen molar-refractivity contribution < 1.29 is 14.4 Å². The molecule has 3 aliphatic rings. The van der Waals surface area contributed by atoms with Crippen molar-refractivity contribution in [2.24, 2.45) is 16.7 Å². The van der Waals surface area contributed by atoms with E-state index in [0.717, 1.165) is 79.7 Å². The number of amidine groups is 1. The molecule has 2 aliphatic heterocycles. The number of rotatable bonds is 11. The zero-order valence-corrected chi connectivity index (χ0v) is 28.1. The topological polar surface area (TPSA) is 173 Å². The van der Waals surface area contributed by atoms with Gasteiger partial charge >= 0.3 is 0 Å². The minimum absolute atomic E-state index is 0.0490. The second-order valence-electron chi connectivity index (χ2n) is 12.7. The van der Waals surface area contributed by atoms with Crippen LogP contribution in [0.1, 0.15) is 77.7 Å². The molecule has 3 atom stereocenters. The number of hydrazone groups is 1. The largest absolute Gasteiger partial charge is 0.385 e. The first-order chi connectivity index (χ1) is 22.6. The summed E-state index contributed by atoms with van der Waals surface area (Å²) in [5.74, 6) is 5.87. The van der Waals surface area contributed by atoms with Gasteiger partial charge in [0.1, 0.15) is 11.9 Å². The SMILES string of the molecule is CCC(C#N)N(C)C(=O)CNC(C)CC1(/C(N)=N/NN)c2ccc(C)cc2CCc2cc(C(=O)N3CCC3)ccc21.O=CN1CCC1. The van der Waals surface area contributed by atoms with Crippen molar-refractivity contribution in [1.82, 2.24) is 25.6 Å². The molecule has 12 nitrogen and oxygen atoms in total. The van der Waals surface area contributed by atoms with E-state index in [2.05, 4.69) is 47.1 Å². The third-order valence-corrected chi connectivity index (χ3v) is 9.61. The van der Waals surface area contributed by atoms with Crippen molar-refractivity contribution in [1.29, 1.82) is 5.26 Å². The molecule has 2 aromatic rings. The van der Waals surface area contributed by atoms with E-state index in [-0.39, 0.29) is 24.4 Å². The van der Waals surface area contributed by atoms with Gasteiger partial charge in [-0.2, -0.15) is 10.4 Å². The van der Waals surface area contributed by atoms with E-state index in [4.69, 9.17) is 11.6 Å². The first kappa shape index (κ1) is 35.4. The Morgan fingerprint density at radius 1 is 1.11 bits per heavy atom. The van der Waals surface area contributed by atoms with Crippen molar-refractivity contribution in [3.63, 3.8) is 0 Å². The fourth-order valence-corrected chi connectivity index (χ4v) is 6.57. The van der Waals surface area contributed by atoms with Gasteiger partial charge in [-0.15, -0.1) is 0 Å². The highest BCUT2D eigenvalue weighted by Gasteiger charge is 2.44. The number of nitrogens with zero attached hydrogens (tertiary/aromatic N) is 5. The van der Waals surface area contributed by atoms with Crippen LogP contribution in [0.5, 0.6) is 0 Å². The fraction of sp³-hybridized carbons (Fsp3) is 0.514. The van der Waals surface area contributed by atoms with Crippen LogP contribution in [0.15, 0.2) is 41.5 Å². The number of carbonyl (C=O) groups is 3. The Morgan fingerprint density at radius 3 is 2.26 bits per heavy atom. The van der Waals surface area contributed by atoms with E-state index in [9.17, 15) is 19.6 Å². The third kappa shape index (κ3) is 7.75. The summed E-state index contributed by atoms with van der Waals surface area (Å²) < 4.78 is 0. The van der Waals surface area contributed by atoms with Gasteiger partial charge < -0.3 is 25.8 Å². The van der Waals surface area contributed by atoms with Crippen LogP contribution >= 0.6 is 0 Å². The second kappa shape index (κ2) is 15.9. The lowest BCUT2D eigenvalue weighted by atomic mass is 9.67. The maximum atomic E-state index is 13.1. The van der Waals surface area contributed by atoms with Gasteiger partial charge in [-0.1, -0.05) is 36.8 Å². The lowest BCUT2D eigenvalue weighted by Gasteiger charge is -2.38. The number of carbonyl (C=O) groups excluding carboxylic acids is 3. The molecule has 3 amide bonds. The van der Waals surface area contributed by atoms with Crippen molar-refractivity contribution >= 4 is 24.1 Å². The van der Waals surface area contributed by atoms with Crippen LogP contribution in [0.2, 0.25) is 0 Å². The number of nitrogens with one attached hydrogen (secondary N) is 2. The molecule has 2 saturated heterocycles. The van der Waals surface area contributed by atoms with E-state index in [0.29, 0.717) is 24.2 Å². The molecule has 2 fully saturated rings. The number of nitrogens with two attached hydrogens (primary N) is 2. The summed E-state index contributed by atoms with van der Waals surface area (Å²) in [6.07, 6.45) is 5.70. The summed E-state index contributed by atoms with van der Waals surface area (Å²) in [7, 11) is 1.66. The monoisotopic (exact) mass is 643 g/mol. The van der Waals surface area contributed by atoms with Gasteiger partial charge in [-0.05, 0) is 86.8 Å². The number of aryl methyl sites for hydroxylation is 3. The number of amides is 3.